The van der Waals surface area contributed by atoms with Crippen LogP contribution in [-0.2, 0) is 11.4 Å². The van der Waals surface area contributed by atoms with Crippen LogP contribution in [0.2, 0.25) is 0 Å². The largest absolute Gasteiger partial charge is 0.573 e. The van der Waals surface area contributed by atoms with Crippen molar-refractivity contribution in [3.05, 3.63) is 59.8 Å². The zero-order valence-electron chi connectivity index (χ0n) is 18.3. The summed E-state index contributed by atoms with van der Waals surface area (Å²) in [6.07, 6.45) is 2.22. The maximum absolute atomic E-state index is 12.2. The lowest BCUT2D eigenvalue weighted by Gasteiger charge is -2.15. The maximum atomic E-state index is 12.2. The number of nitrogens with zero attached hydrogens (tertiary/aromatic N) is 1. The van der Waals surface area contributed by atoms with E-state index in [2.05, 4.69) is 15.0 Å². The van der Waals surface area contributed by atoms with E-state index in [1.54, 1.807) is 18.2 Å². The van der Waals surface area contributed by atoms with E-state index in [9.17, 15) is 23.1 Å². The van der Waals surface area contributed by atoms with Crippen LogP contribution in [0.4, 0.5) is 24.7 Å². The summed E-state index contributed by atoms with van der Waals surface area (Å²) >= 11 is 0. The van der Waals surface area contributed by atoms with Crippen LogP contribution in [0.25, 0.3) is 0 Å². The van der Waals surface area contributed by atoms with Gasteiger partial charge in [0.1, 0.15) is 11.6 Å². The summed E-state index contributed by atoms with van der Waals surface area (Å²) < 4.78 is 40.3. The SMILES string of the molecule is C/C=C/C(=O)CCC.CCC(=N)c1c(CO)ccnc1Nc1ccc(OC(F)(F)F)cc1. The van der Waals surface area contributed by atoms with E-state index in [0.717, 1.165) is 6.42 Å². The minimum Gasteiger partial charge on any atom is -0.406 e. The minimum absolute atomic E-state index is 0.231. The van der Waals surface area contributed by atoms with E-state index in [-0.39, 0.29) is 18.1 Å². The van der Waals surface area contributed by atoms with Crippen LogP contribution in [-0.4, -0.2) is 27.9 Å². The van der Waals surface area contributed by atoms with E-state index in [4.69, 9.17) is 5.41 Å². The van der Waals surface area contributed by atoms with Crippen LogP contribution in [0, 0.1) is 5.41 Å². The summed E-state index contributed by atoms with van der Waals surface area (Å²) in [5, 5.41) is 20.4. The number of aromatic nitrogens is 1. The predicted molar refractivity (Wildman–Crippen MR) is 118 cm³/mol. The number of nitrogens with one attached hydrogen (secondary N) is 2. The van der Waals surface area contributed by atoms with Crippen LogP contribution in [0.5, 0.6) is 5.75 Å². The van der Waals surface area contributed by atoms with Crippen molar-refractivity contribution < 1.29 is 27.8 Å². The molecule has 0 fully saturated rings. The van der Waals surface area contributed by atoms with Crippen LogP contribution < -0.4 is 10.1 Å². The van der Waals surface area contributed by atoms with Gasteiger partial charge in [0.25, 0.3) is 0 Å². The Labute approximate surface area is 185 Å². The molecule has 9 heteroatoms. The molecule has 2 aromatic rings. The normalized spacial score (nSPS) is 11.0. The van der Waals surface area contributed by atoms with Gasteiger partial charge in [-0.05, 0) is 61.7 Å². The first-order valence-electron chi connectivity index (χ1n) is 10.1. The molecular formula is C23H28F3N3O3. The number of aliphatic hydroxyl groups is 1. The van der Waals surface area contributed by atoms with Crippen molar-refractivity contribution in [2.75, 3.05) is 5.32 Å². The summed E-state index contributed by atoms with van der Waals surface area (Å²) in [7, 11) is 0. The number of pyridine rings is 1. The average Bonchev–Trinajstić information content (AvgIpc) is 2.74. The Morgan fingerprint density at radius 3 is 2.38 bits per heavy atom. The van der Waals surface area contributed by atoms with Gasteiger partial charge in [0.05, 0.1) is 6.61 Å². The smallest absolute Gasteiger partial charge is 0.406 e. The highest BCUT2D eigenvalue weighted by Gasteiger charge is 2.30. The molecular weight excluding hydrogens is 423 g/mol. The van der Waals surface area contributed by atoms with Crippen LogP contribution in [0.1, 0.15) is 51.2 Å². The van der Waals surface area contributed by atoms with Crippen LogP contribution in [0.3, 0.4) is 0 Å². The third kappa shape index (κ3) is 9.30. The quantitative estimate of drug-likeness (QED) is 0.325. The highest BCUT2D eigenvalue weighted by atomic mass is 19.4. The molecule has 0 saturated carbocycles. The zero-order chi connectivity index (χ0) is 24.1. The number of carbonyl (C=O) groups is 1. The molecule has 1 heterocycles. The van der Waals surface area contributed by atoms with E-state index >= 15 is 0 Å². The molecule has 0 aliphatic carbocycles. The van der Waals surface area contributed by atoms with Crippen molar-refractivity contribution in [1.82, 2.24) is 4.98 Å². The standard InChI is InChI=1S/C16H16F3N3O2.C7H12O/c1-2-13(20)14-10(9-23)7-8-21-15(14)22-11-3-5-12(6-4-11)24-16(17,18)19;1-3-5-7(8)6-4-2/h3-8,20,23H,2,9H2,1H3,(H,21,22);3,5H,4,6H2,1-2H3/b;5-3+. The molecule has 0 unspecified atom stereocenters. The molecule has 2 rings (SSSR count). The molecule has 0 aliphatic rings. The Morgan fingerprint density at radius 2 is 1.88 bits per heavy atom. The number of ketones is 1. The fourth-order valence-corrected chi connectivity index (χ4v) is 2.63. The topological polar surface area (TPSA) is 95.3 Å². The van der Waals surface area contributed by atoms with Gasteiger partial charge in [-0.25, -0.2) is 4.98 Å². The van der Waals surface area contributed by atoms with Crippen molar-refractivity contribution in [3.8, 4) is 5.75 Å². The monoisotopic (exact) mass is 451 g/mol. The fourth-order valence-electron chi connectivity index (χ4n) is 2.63. The summed E-state index contributed by atoms with van der Waals surface area (Å²) in [5.41, 5.74) is 1.82. The lowest BCUT2D eigenvalue weighted by atomic mass is 10.0. The molecule has 6 nitrogen and oxygen atoms in total. The lowest BCUT2D eigenvalue weighted by molar-refractivity contribution is -0.274. The van der Waals surface area contributed by atoms with Gasteiger partial charge in [0.15, 0.2) is 5.78 Å². The Kier molecular flexibility index (Phi) is 11.1. The van der Waals surface area contributed by atoms with E-state index in [0.29, 0.717) is 41.2 Å². The first-order chi connectivity index (χ1) is 15.1. The molecule has 3 N–H and O–H groups in total. The molecule has 0 atom stereocenters. The number of halogens is 3. The second-order valence-electron chi connectivity index (χ2n) is 6.60. The van der Waals surface area contributed by atoms with Gasteiger partial charge in [0, 0.05) is 29.6 Å². The molecule has 0 aliphatic heterocycles. The summed E-state index contributed by atoms with van der Waals surface area (Å²) in [4.78, 5) is 14.7. The van der Waals surface area contributed by atoms with E-state index in [1.807, 2.05) is 20.8 Å². The minimum atomic E-state index is -4.74. The molecule has 0 radical (unpaired) electrons. The molecule has 32 heavy (non-hydrogen) atoms. The van der Waals surface area contributed by atoms with Crippen molar-refractivity contribution >= 4 is 23.0 Å². The Bertz CT molecular complexity index is 911. The van der Waals surface area contributed by atoms with Gasteiger partial charge >= 0.3 is 6.36 Å². The molecule has 0 saturated heterocycles. The molecule has 1 aromatic heterocycles. The lowest BCUT2D eigenvalue weighted by Crippen LogP contribution is -2.17. The van der Waals surface area contributed by atoms with Gasteiger partial charge in [-0.2, -0.15) is 0 Å². The fraction of sp³-hybridized carbons (Fsp3) is 0.348. The average molecular weight is 451 g/mol. The Balaban J connectivity index is 0.000000547. The van der Waals surface area contributed by atoms with Gasteiger partial charge in [-0.15, -0.1) is 13.2 Å². The highest BCUT2D eigenvalue weighted by Crippen LogP contribution is 2.27. The van der Waals surface area contributed by atoms with Crippen LogP contribution >= 0.6 is 0 Å². The molecule has 1 aromatic carbocycles. The first kappa shape index (κ1) is 26.8. The van der Waals surface area contributed by atoms with Crippen molar-refractivity contribution in [3.63, 3.8) is 0 Å². The highest BCUT2D eigenvalue weighted by molar-refractivity contribution is 6.03. The van der Waals surface area contributed by atoms with Gasteiger partial charge < -0.3 is 20.6 Å². The first-order valence-corrected chi connectivity index (χ1v) is 10.1. The molecule has 0 amide bonds. The zero-order valence-corrected chi connectivity index (χ0v) is 18.3. The number of alkyl halides is 3. The Hall–Kier alpha value is -3.20. The number of rotatable bonds is 9. The molecule has 0 bridgehead atoms. The summed E-state index contributed by atoms with van der Waals surface area (Å²) in [6, 6.07) is 6.79. The van der Waals surface area contributed by atoms with Crippen molar-refractivity contribution in [2.45, 2.75) is 53.0 Å². The number of carbonyl (C=O) groups excluding carboxylic acids is 1. The van der Waals surface area contributed by atoms with E-state index in [1.165, 1.54) is 30.5 Å². The number of anilines is 2. The number of hydrogen-bond donors (Lipinski definition) is 3. The maximum Gasteiger partial charge on any atom is 0.573 e. The number of hydrogen-bond acceptors (Lipinski definition) is 6. The second kappa shape index (κ2) is 13.3. The van der Waals surface area contributed by atoms with E-state index < -0.39 is 6.36 Å². The van der Waals surface area contributed by atoms with Gasteiger partial charge in [0.2, 0.25) is 0 Å². The number of benzene rings is 1. The Morgan fingerprint density at radius 1 is 1.22 bits per heavy atom. The molecule has 174 valence electrons. The number of aliphatic hydroxyl groups excluding tert-OH is 1. The molecule has 0 spiro atoms. The summed E-state index contributed by atoms with van der Waals surface area (Å²) in [6.45, 7) is 5.42. The van der Waals surface area contributed by atoms with Crippen molar-refractivity contribution in [1.29, 1.82) is 5.41 Å². The van der Waals surface area contributed by atoms with Crippen molar-refractivity contribution in [2.24, 2.45) is 0 Å². The third-order valence-corrected chi connectivity index (χ3v) is 4.06. The van der Waals surface area contributed by atoms with Crippen LogP contribution in [0.15, 0.2) is 48.7 Å². The van der Waals surface area contributed by atoms with Gasteiger partial charge in [-0.3, -0.25) is 4.79 Å². The second-order valence-corrected chi connectivity index (χ2v) is 6.60. The third-order valence-electron chi connectivity index (χ3n) is 4.06. The number of ether oxygens (including phenoxy) is 1. The van der Waals surface area contributed by atoms with Gasteiger partial charge in [-0.1, -0.05) is 19.9 Å². The summed E-state index contributed by atoms with van der Waals surface area (Å²) in [5.74, 6) is 0.263. The number of allylic oxidation sites excluding steroid dienone is 2. The predicted octanol–water partition coefficient (Wildman–Crippen LogP) is 5.93.